The van der Waals surface area contributed by atoms with E-state index in [9.17, 15) is 14.3 Å². The number of aliphatic hydroxyl groups is 1. The van der Waals surface area contributed by atoms with Crippen LogP contribution in [0.25, 0.3) is 10.8 Å². The lowest BCUT2D eigenvalue weighted by Gasteiger charge is -2.60. The number of hydrogen-bond acceptors (Lipinski definition) is 8. The molecule has 1 aliphatic heterocycles. The molecular weight excluding hydrogens is 647 g/mol. The van der Waals surface area contributed by atoms with Crippen LogP contribution in [0.5, 0.6) is 5.75 Å². The van der Waals surface area contributed by atoms with Gasteiger partial charge in [-0.1, -0.05) is 26.0 Å². The van der Waals surface area contributed by atoms with Gasteiger partial charge in [-0.15, -0.1) is 0 Å². The number of nitrogens with one attached hydrogen (secondary N) is 2. The summed E-state index contributed by atoms with van der Waals surface area (Å²) in [6.07, 6.45) is 12.3. The van der Waals surface area contributed by atoms with E-state index in [4.69, 9.17) is 9.47 Å². The summed E-state index contributed by atoms with van der Waals surface area (Å²) in [6.45, 7) is 6.08. The van der Waals surface area contributed by atoms with Crippen molar-refractivity contribution in [3.63, 3.8) is 0 Å². The molecule has 10 nitrogen and oxygen atoms in total. The molecule has 5 aliphatic rings. The lowest BCUT2D eigenvalue weighted by Crippen LogP contribution is -2.54. The fourth-order valence-corrected chi connectivity index (χ4v) is 11.8. The fraction of sp³-hybridized carbons (Fsp3) is 0.600. The van der Waals surface area contributed by atoms with Crippen molar-refractivity contribution in [2.75, 3.05) is 18.5 Å². The van der Waals surface area contributed by atoms with E-state index in [2.05, 4.69) is 39.4 Å². The molecule has 51 heavy (non-hydrogen) atoms. The molecule has 4 aromatic rings. The number of hydrogen-bond donors (Lipinski definition) is 3. The summed E-state index contributed by atoms with van der Waals surface area (Å²) >= 11 is 0. The van der Waals surface area contributed by atoms with Crippen LogP contribution in [-0.4, -0.2) is 55.5 Å². The van der Waals surface area contributed by atoms with Crippen LogP contribution in [0.4, 0.5) is 10.1 Å². The van der Waals surface area contributed by atoms with E-state index in [-0.39, 0.29) is 29.1 Å². The minimum absolute atomic E-state index is 0.0957. The largest absolute Gasteiger partial charge is 0.491 e. The number of ether oxygens (including phenoxy) is 2. The standard InChI is InChI=1S/C40H49FN6O4/c1-39-14-12-25(48)18-23(39)6-9-27-29-10-11-32(40(29,2)15-13-30(27)39)51-17-16-50-26-7-4-22(5-8-26)35-34(37-42-21-43-47(37)3)36-33-28(38(49)46-45-36)19-24(41)20-31(33)44-35/h4-5,7-8,19-21,23,25,27,29-30,32,34-35,44,48H,6,9-18H2,1-3H3,(H,46,49)/t23-,25+,27-,29-,30-,32-,34?,35?,39-,40-/m0/s1. The minimum atomic E-state index is -0.494. The van der Waals surface area contributed by atoms with E-state index >= 15 is 0 Å². The van der Waals surface area contributed by atoms with Gasteiger partial charge in [0.2, 0.25) is 0 Å². The number of aliphatic hydroxyl groups excluding tert-OH is 1. The maximum atomic E-state index is 14.7. The molecule has 4 aliphatic carbocycles. The van der Waals surface area contributed by atoms with Crippen LogP contribution in [0.2, 0.25) is 0 Å². The van der Waals surface area contributed by atoms with Crippen LogP contribution in [0.1, 0.15) is 101 Å². The van der Waals surface area contributed by atoms with E-state index in [1.54, 1.807) is 4.68 Å². The van der Waals surface area contributed by atoms with Gasteiger partial charge in [-0.05, 0) is 122 Å². The molecule has 10 atom stereocenters. The number of aromatic amines is 1. The third-order valence-electron chi connectivity index (χ3n) is 14.3. The Morgan fingerprint density at radius 2 is 1.80 bits per heavy atom. The Morgan fingerprint density at radius 1 is 1.00 bits per heavy atom. The first-order valence-electron chi connectivity index (χ1n) is 19.0. The number of halogens is 1. The molecule has 270 valence electrons. The topological polar surface area (TPSA) is 127 Å². The minimum Gasteiger partial charge on any atom is -0.491 e. The molecule has 2 aromatic heterocycles. The molecule has 0 saturated heterocycles. The van der Waals surface area contributed by atoms with Gasteiger partial charge in [-0.25, -0.2) is 14.5 Å². The van der Waals surface area contributed by atoms with Gasteiger partial charge < -0.3 is 19.9 Å². The predicted molar refractivity (Wildman–Crippen MR) is 191 cm³/mol. The molecule has 11 heteroatoms. The van der Waals surface area contributed by atoms with Gasteiger partial charge in [0.15, 0.2) is 0 Å². The van der Waals surface area contributed by atoms with Crippen molar-refractivity contribution in [1.29, 1.82) is 0 Å². The highest BCUT2D eigenvalue weighted by Gasteiger charge is 2.60. The lowest BCUT2D eigenvalue weighted by atomic mass is 9.45. The highest BCUT2D eigenvalue weighted by atomic mass is 19.1. The number of rotatable bonds is 7. The van der Waals surface area contributed by atoms with E-state index in [0.717, 1.165) is 48.3 Å². The predicted octanol–water partition coefficient (Wildman–Crippen LogP) is 6.66. The van der Waals surface area contributed by atoms with E-state index in [1.165, 1.54) is 57.0 Å². The second-order valence-corrected chi connectivity index (χ2v) is 16.6. The lowest BCUT2D eigenvalue weighted by molar-refractivity contribution is -0.142. The number of aryl methyl sites for hydroxylation is 1. The van der Waals surface area contributed by atoms with Crippen molar-refractivity contribution >= 4 is 16.5 Å². The molecule has 0 bridgehead atoms. The number of H-pyrrole nitrogens is 1. The van der Waals surface area contributed by atoms with Crippen molar-refractivity contribution in [1.82, 2.24) is 25.0 Å². The molecule has 0 radical (unpaired) electrons. The molecule has 3 heterocycles. The number of fused-ring (bicyclic) bond motifs is 5. The normalized spacial score (nSPS) is 35.5. The molecule has 9 rings (SSSR count). The number of aromatic nitrogens is 5. The molecule has 4 fully saturated rings. The van der Waals surface area contributed by atoms with Crippen molar-refractivity contribution in [2.24, 2.45) is 41.5 Å². The summed E-state index contributed by atoms with van der Waals surface area (Å²) in [5.41, 5.74) is 2.25. The molecule has 4 saturated carbocycles. The Hall–Kier alpha value is -3.83. The Bertz CT molecular complexity index is 2000. The molecule has 2 aromatic carbocycles. The molecular formula is C40H49FN6O4. The average Bonchev–Trinajstić information content (AvgIpc) is 3.70. The second-order valence-electron chi connectivity index (χ2n) is 16.6. The summed E-state index contributed by atoms with van der Waals surface area (Å²) in [5, 5.41) is 26.0. The third-order valence-corrected chi connectivity index (χ3v) is 14.3. The van der Waals surface area contributed by atoms with Gasteiger partial charge in [0, 0.05) is 18.1 Å². The highest BCUT2D eigenvalue weighted by Crippen LogP contribution is 2.66. The van der Waals surface area contributed by atoms with Gasteiger partial charge in [-0.2, -0.15) is 10.2 Å². The maximum Gasteiger partial charge on any atom is 0.272 e. The number of anilines is 1. The van der Waals surface area contributed by atoms with Crippen LogP contribution in [0.15, 0.2) is 47.5 Å². The Morgan fingerprint density at radius 3 is 2.61 bits per heavy atom. The van der Waals surface area contributed by atoms with Gasteiger partial charge >= 0.3 is 0 Å². The van der Waals surface area contributed by atoms with Crippen LogP contribution in [-0.2, 0) is 11.8 Å². The molecule has 0 amide bonds. The van der Waals surface area contributed by atoms with E-state index in [0.29, 0.717) is 47.1 Å². The van der Waals surface area contributed by atoms with Crippen LogP contribution in [0, 0.1) is 40.3 Å². The van der Waals surface area contributed by atoms with Gasteiger partial charge in [0.25, 0.3) is 5.56 Å². The third kappa shape index (κ3) is 5.32. The SMILES string of the molecule is Cn1ncnc1C1c2n[nH]c(=O)c3cc(F)cc(c23)NC1c1ccc(OCCO[C@H]2CC[C@H]3[C@@H]4CC[C@H]5C[C@H](O)CC[C@]5(C)[C@H]4CC[C@]23C)cc1. The van der Waals surface area contributed by atoms with Gasteiger partial charge in [-0.3, -0.25) is 9.48 Å². The molecule has 0 spiro atoms. The van der Waals surface area contributed by atoms with Crippen molar-refractivity contribution in [3.8, 4) is 5.75 Å². The smallest absolute Gasteiger partial charge is 0.272 e. The number of benzene rings is 2. The molecule has 3 N–H and O–H groups in total. The first kappa shape index (κ1) is 33.0. The van der Waals surface area contributed by atoms with Crippen LogP contribution >= 0.6 is 0 Å². The number of nitrogens with zero attached hydrogens (tertiary/aromatic N) is 4. The van der Waals surface area contributed by atoms with Crippen molar-refractivity contribution in [3.05, 3.63) is 76.0 Å². The Kier molecular flexibility index (Phi) is 8.03. The van der Waals surface area contributed by atoms with Crippen molar-refractivity contribution < 1.29 is 19.0 Å². The van der Waals surface area contributed by atoms with Gasteiger partial charge in [0.05, 0.1) is 41.9 Å². The zero-order valence-corrected chi connectivity index (χ0v) is 29.8. The maximum absolute atomic E-state index is 14.7. The van der Waals surface area contributed by atoms with Gasteiger partial charge in [0.1, 0.15) is 30.3 Å². The van der Waals surface area contributed by atoms with Crippen LogP contribution in [0.3, 0.4) is 0 Å². The monoisotopic (exact) mass is 696 g/mol. The Balaban J connectivity index is 0.860. The van der Waals surface area contributed by atoms with E-state index in [1.807, 2.05) is 31.3 Å². The summed E-state index contributed by atoms with van der Waals surface area (Å²) in [6, 6.07) is 10.2. The zero-order chi connectivity index (χ0) is 35.1. The second kappa shape index (κ2) is 12.4. The highest BCUT2D eigenvalue weighted by molar-refractivity contribution is 5.97. The van der Waals surface area contributed by atoms with Crippen LogP contribution < -0.4 is 15.6 Å². The summed E-state index contributed by atoms with van der Waals surface area (Å²) < 4.78 is 29.2. The summed E-state index contributed by atoms with van der Waals surface area (Å²) in [4.78, 5) is 17.2. The first-order chi connectivity index (χ1) is 24.6. The van der Waals surface area contributed by atoms with Crippen molar-refractivity contribution in [2.45, 2.75) is 95.8 Å². The summed E-state index contributed by atoms with van der Waals surface area (Å²) in [5.74, 6) is 3.52. The quantitative estimate of drug-likeness (QED) is 0.183. The fourth-order valence-electron chi connectivity index (χ4n) is 11.8. The van der Waals surface area contributed by atoms with E-state index < -0.39 is 17.3 Å². The zero-order valence-electron chi connectivity index (χ0n) is 29.8. The average molecular weight is 697 g/mol. The molecule has 2 unspecified atom stereocenters. The summed E-state index contributed by atoms with van der Waals surface area (Å²) in [7, 11) is 1.83. The first-order valence-corrected chi connectivity index (χ1v) is 19.0. The Labute approximate surface area is 297 Å².